The molecule has 2 aromatic carbocycles. The van der Waals surface area contributed by atoms with Crippen LogP contribution in [0.25, 0.3) is 0 Å². The van der Waals surface area contributed by atoms with Crippen molar-refractivity contribution in [3.05, 3.63) is 65.2 Å². The topological polar surface area (TPSA) is 69.6 Å². The largest absolute Gasteiger partial charge is 0.478 e. The Bertz CT molecular complexity index is 640. The summed E-state index contributed by atoms with van der Waals surface area (Å²) in [5.74, 6) is -0.991. The smallest absolute Gasteiger partial charge is 0.337 e. The molecule has 0 amide bonds. The number of hydrogen-bond acceptors (Lipinski definition) is 3. The number of anilines is 1. The molecule has 0 aliphatic rings. The third kappa shape index (κ3) is 3.23. The monoisotopic (exact) mass is 285 g/mol. The van der Waals surface area contributed by atoms with E-state index >= 15 is 0 Å². The lowest BCUT2D eigenvalue weighted by Gasteiger charge is -2.31. The molecule has 0 saturated carbocycles. The van der Waals surface area contributed by atoms with Gasteiger partial charge < -0.3 is 15.5 Å². The molecule has 0 aliphatic carbocycles. The van der Waals surface area contributed by atoms with Gasteiger partial charge in [0.2, 0.25) is 0 Å². The predicted octanol–water partition coefficient (Wildman–Crippen LogP) is 3.01. The Balaban J connectivity index is 2.42. The summed E-state index contributed by atoms with van der Waals surface area (Å²) < 4.78 is 0. The van der Waals surface area contributed by atoms with Gasteiger partial charge in [0.1, 0.15) is 0 Å². The number of aliphatic hydroxyl groups is 1. The molecular weight excluding hydrogens is 266 g/mol. The van der Waals surface area contributed by atoms with Crippen LogP contribution in [0.5, 0.6) is 0 Å². The van der Waals surface area contributed by atoms with Crippen molar-refractivity contribution in [1.29, 1.82) is 0 Å². The minimum Gasteiger partial charge on any atom is -0.478 e. The molecule has 2 rings (SSSR count). The Hall–Kier alpha value is -2.33. The van der Waals surface area contributed by atoms with E-state index in [-0.39, 0.29) is 12.2 Å². The quantitative estimate of drug-likeness (QED) is 0.790. The highest BCUT2D eigenvalue weighted by Crippen LogP contribution is 2.28. The van der Waals surface area contributed by atoms with Crippen LogP contribution in [0, 0.1) is 6.92 Å². The van der Waals surface area contributed by atoms with Gasteiger partial charge in [0.05, 0.1) is 17.7 Å². The summed E-state index contributed by atoms with van der Waals surface area (Å²) in [7, 11) is 0. The van der Waals surface area contributed by atoms with Crippen molar-refractivity contribution in [3.63, 3.8) is 0 Å². The Labute approximate surface area is 124 Å². The number of hydrogen-bond donors (Lipinski definition) is 3. The average molecular weight is 285 g/mol. The highest BCUT2D eigenvalue weighted by Gasteiger charge is 2.27. The molecule has 0 heterocycles. The van der Waals surface area contributed by atoms with Crippen LogP contribution in [-0.2, 0) is 5.54 Å². The molecule has 0 aliphatic heterocycles. The fourth-order valence-corrected chi connectivity index (χ4v) is 2.25. The van der Waals surface area contributed by atoms with Crippen molar-refractivity contribution >= 4 is 11.7 Å². The van der Waals surface area contributed by atoms with E-state index in [0.29, 0.717) is 5.69 Å². The highest BCUT2D eigenvalue weighted by atomic mass is 16.4. The zero-order valence-electron chi connectivity index (χ0n) is 12.1. The number of benzene rings is 2. The van der Waals surface area contributed by atoms with Crippen molar-refractivity contribution in [2.24, 2.45) is 0 Å². The molecule has 21 heavy (non-hydrogen) atoms. The fraction of sp³-hybridized carbons (Fsp3) is 0.235. The van der Waals surface area contributed by atoms with Crippen LogP contribution in [0.3, 0.4) is 0 Å². The minimum atomic E-state index is -0.991. The molecule has 0 aromatic heterocycles. The van der Waals surface area contributed by atoms with Crippen LogP contribution in [0.2, 0.25) is 0 Å². The number of carbonyl (C=O) groups is 1. The SMILES string of the molecule is Cc1ccc(NC(C)(CO)c2ccccc2)c(C(=O)O)c1. The molecular formula is C17H19NO3. The van der Waals surface area contributed by atoms with Crippen LogP contribution in [0.1, 0.15) is 28.4 Å². The first-order valence-electron chi connectivity index (χ1n) is 6.75. The highest BCUT2D eigenvalue weighted by molar-refractivity contribution is 5.94. The van der Waals surface area contributed by atoms with E-state index in [1.165, 1.54) is 0 Å². The number of carboxylic acid groups (broad SMARTS) is 1. The standard InChI is InChI=1S/C17H19NO3/c1-12-8-9-15(14(10-12)16(20)21)18-17(2,11-19)13-6-4-3-5-7-13/h3-10,18-19H,11H2,1-2H3,(H,20,21). The molecule has 0 saturated heterocycles. The molecule has 1 atom stereocenters. The number of carboxylic acids is 1. The van der Waals surface area contributed by atoms with E-state index in [1.54, 1.807) is 12.1 Å². The van der Waals surface area contributed by atoms with Crippen molar-refractivity contribution in [1.82, 2.24) is 0 Å². The summed E-state index contributed by atoms with van der Waals surface area (Å²) >= 11 is 0. The van der Waals surface area contributed by atoms with Crippen LogP contribution < -0.4 is 5.32 Å². The Kier molecular flexibility index (Phi) is 4.29. The fourth-order valence-electron chi connectivity index (χ4n) is 2.25. The third-order valence-corrected chi connectivity index (χ3v) is 3.54. The normalized spacial score (nSPS) is 13.5. The number of aliphatic hydroxyl groups excluding tert-OH is 1. The van der Waals surface area contributed by atoms with Gasteiger partial charge in [-0.2, -0.15) is 0 Å². The maximum absolute atomic E-state index is 11.4. The van der Waals surface area contributed by atoms with Gasteiger partial charge in [-0.1, -0.05) is 42.0 Å². The van der Waals surface area contributed by atoms with E-state index in [4.69, 9.17) is 0 Å². The van der Waals surface area contributed by atoms with Crippen LogP contribution in [-0.4, -0.2) is 22.8 Å². The van der Waals surface area contributed by atoms with Crippen LogP contribution in [0.15, 0.2) is 48.5 Å². The van der Waals surface area contributed by atoms with E-state index in [2.05, 4.69) is 5.32 Å². The van der Waals surface area contributed by atoms with Crippen LogP contribution in [0.4, 0.5) is 5.69 Å². The van der Waals surface area contributed by atoms with Crippen molar-refractivity contribution in [3.8, 4) is 0 Å². The van der Waals surface area contributed by atoms with Crippen LogP contribution >= 0.6 is 0 Å². The lowest BCUT2D eigenvalue weighted by Crippen LogP contribution is -2.36. The Morgan fingerprint density at radius 3 is 2.43 bits per heavy atom. The third-order valence-electron chi connectivity index (χ3n) is 3.54. The molecule has 3 N–H and O–H groups in total. The van der Waals surface area contributed by atoms with Crippen molar-refractivity contribution in [2.45, 2.75) is 19.4 Å². The maximum atomic E-state index is 11.4. The zero-order chi connectivity index (χ0) is 15.5. The summed E-state index contributed by atoms with van der Waals surface area (Å²) in [6, 6.07) is 14.7. The summed E-state index contributed by atoms with van der Waals surface area (Å²) in [5.41, 5.74) is 1.72. The second kappa shape index (κ2) is 5.97. The van der Waals surface area contributed by atoms with Gasteiger partial charge in [-0.25, -0.2) is 4.79 Å². The van der Waals surface area contributed by atoms with E-state index in [9.17, 15) is 15.0 Å². The summed E-state index contributed by atoms with van der Waals surface area (Å²) in [6.07, 6.45) is 0. The molecule has 0 fully saturated rings. The second-order valence-electron chi connectivity index (χ2n) is 5.34. The number of rotatable bonds is 5. The van der Waals surface area contributed by atoms with Crippen molar-refractivity contribution in [2.75, 3.05) is 11.9 Å². The van der Waals surface area contributed by atoms with Gasteiger partial charge in [0.25, 0.3) is 0 Å². The molecule has 0 spiro atoms. The van der Waals surface area contributed by atoms with Gasteiger partial charge in [-0.15, -0.1) is 0 Å². The summed E-state index contributed by atoms with van der Waals surface area (Å²) in [5, 5.41) is 22.3. The summed E-state index contributed by atoms with van der Waals surface area (Å²) in [4.78, 5) is 11.4. The molecule has 0 bridgehead atoms. The number of aromatic carboxylic acids is 1. The van der Waals surface area contributed by atoms with Gasteiger partial charge in [-0.05, 0) is 31.5 Å². The predicted molar refractivity (Wildman–Crippen MR) is 82.6 cm³/mol. The van der Waals surface area contributed by atoms with Gasteiger partial charge >= 0.3 is 5.97 Å². The van der Waals surface area contributed by atoms with Gasteiger partial charge in [0, 0.05) is 5.69 Å². The molecule has 2 aromatic rings. The molecule has 0 radical (unpaired) electrons. The minimum absolute atomic E-state index is 0.149. The Morgan fingerprint density at radius 2 is 1.86 bits per heavy atom. The molecule has 4 heteroatoms. The van der Waals surface area contributed by atoms with E-state index in [1.807, 2.05) is 50.2 Å². The first-order chi connectivity index (χ1) is 9.96. The first-order valence-corrected chi connectivity index (χ1v) is 6.75. The van der Waals surface area contributed by atoms with Gasteiger partial charge in [-0.3, -0.25) is 0 Å². The lowest BCUT2D eigenvalue weighted by atomic mass is 9.92. The Morgan fingerprint density at radius 1 is 1.19 bits per heavy atom. The first kappa shape index (κ1) is 15.1. The number of aryl methyl sites for hydroxylation is 1. The molecule has 1 unspecified atom stereocenters. The van der Waals surface area contributed by atoms with E-state index in [0.717, 1.165) is 11.1 Å². The molecule has 110 valence electrons. The zero-order valence-corrected chi connectivity index (χ0v) is 12.1. The summed E-state index contributed by atoms with van der Waals surface area (Å²) in [6.45, 7) is 3.54. The number of nitrogens with one attached hydrogen (secondary N) is 1. The van der Waals surface area contributed by atoms with Crippen molar-refractivity contribution < 1.29 is 15.0 Å². The van der Waals surface area contributed by atoms with Gasteiger partial charge in [0.15, 0.2) is 0 Å². The lowest BCUT2D eigenvalue weighted by molar-refractivity contribution is 0.0697. The maximum Gasteiger partial charge on any atom is 0.337 e. The molecule has 4 nitrogen and oxygen atoms in total. The average Bonchev–Trinajstić information content (AvgIpc) is 2.49. The van der Waals surface area contributed by atoms with E-state index < -0.39 is 11.5 Å². The second-order valence-corrected chi connectivity index (χ2v) is 5.34.